The van der Waals surface area contributed by atoms with Gasteiger partial charge in [-0.25, -0.2) is 9.82 Å². The number of anilines is 1. The van der Waals surface area contributed by atoms with E-state index in [0.29, 0.717) is 32.7 Å². The lowest BCUT2D eigenvalue weighted by molar-refractivity contribution is -0.136. The van der Waals surface area contributed by atoms with Gasteiger partial charge in [-0.05, 0) is 60.2 Å². The van der Waals surface area contributed by atoms with Crippen LogP contribution < -0.4 is 20.2 Å². The van der Waals surface area contributed by atoms with E-state index in [4.69, 9.17) is 44.3 Å². The zero-order chi connectivity index (χ0) is 24.7. The zero-order valence-electron chi connectivity index (χ0n) is 17.6. The fraction of sp³-hybridized carbons (Fsp3) is 0.0870. The van der Waals surface area contributed by atoms with E-state index in [1.54, 1.807) is 36.4 Å². The molecule has 0 fully saturated rings. The fourth-order valence-electron chi connectivity index (χ4n) is 2.72. The summed E-state index contributed by atoms with van der Waals surface area (Å²) in [5, 5.41) is 6.75. The Morgan fingerprint density at radius 2 is 1.74 bits per heavy atom. The Balaban J connectivity index is 1.61. The van der Waals surface area contributed by atoms with Crippen LogP contribution in [0.25, 0.3) is 0 Å². The van der Waals surface area contributed by atoms with Crippen LogP contribution in [0.15, 0.2) is 59.7 Å². The predicted molar refractivity (Wildman–Crippen MR) is 130 cm³/mol. The van der Waals surface area contributed by atoms with Gasteiger partial charge >= 0.3 is 11.8 Å². The summed E-state index contributed by atoms with van der Waals surface area (Å²) in [6, 6.07) is 13.6. The number of methoxy groups -OCH3 is 1. The van der Waals surface area contributed by atoms with Gasteiger partial charge in [-0.2, -0.15) is 5.10 Å². The summed E-state index contributed by atoms with van der Waals surface area (Å²) in [6.07, 6.45) is 1.35. The van der Waals surface area contributed by atoms with E-state index in [1.165, 1.54) is 25.5 Å². The summed E-state index contributed by atoms with van der Waals surface area (Å²) in [7, 11) is 1.52. The number of ether oxygens (including phenoxy) is 2. The van der Waals surface area contributed by atoms with E-state index in [-0.39, 0.29) is 17.3 Å². The number of hydrogen-bond donors (Lipinski definition) is 2. The first-order valence-electron chi connectivity index (χ1n) is 9.61. The first-order chi connectivity index (χ1) is 16.3. The predicted octanol–water partition coefficient (Wildman–Crippen LogP) is 5.46. The van der Waals surface area contributed by atoms with Crippen molar-refractivity contribution < 1.29 is 23.5 Å². The van der Waals surface area contributed by atoms with Gasteiger partial charge in [-0.3, -0.25) is 9.59 Å². The van der Waals surface area contributed by atoms with Gasteiger partial charge in [0.05, 0.1) is 23.4 Å². The average Bonchev–Trinajstić information content (AvgIpc) is 2.81. The number of benzene rings is 3. The Hall–Kier alpha value is -3.33. The molecule has 7 nitrogen and oxygen atoms in total. The third-order valence-electron chi connectivity index (χ3n) is 4.34. The molecule has 0 aliphatic heterocycles. The molecule has 0 unspecified atom stereocenters. The number of hydrogen-bond acceptors (Lipinski definition) is 5. The summed E-state index contributed by atoms with van der Waals surface area (Å²) in [5.74, 6) is -1.64. The maximum absolute atomic E-state index is 13.2. The van der Waals surface area contributed by atoms with Crippen LogP contribution in [0, 0.1) is 5.82 Å². The maximum Gasteiger partial charge on any atom is 0.329 e. The molecule has 0 saturated carbocycles. The minimum Gasteiger partial charge on any atom is -0.496 e. The van der Waals surface area contributed by atoms with Crippen molar-refractivity contribution in [2.24, 2.45) is 5.10 Å². The number of amides is 2. The van der Waals surface area contributed by atoms with E-state index in [0.717, 1.165) is 6.07 Å². The molecule has 0 aliphatic carbocycles. The molecule has 0 heterocycles. The van der Waals surface area contributed by atoms with Gasteiger partial charge in [-0.15, -0.1) is 0 Å². The van der Waals surface area contributed by atoms with E-state index in [1.807, 2.05) is 0 Å². The van der Waals surface area contributed by atoms with Crippen molar-refractivity contribution in [3.05, 3.63) is 86.6 Å². The lowest BCUT2D eigenvalue weighted by atomic mass is 10.1. The molecule has 0 radical (unpaired) electrons. The highest BCUT2D eigenvalue weighted by atomic mass is 35.5. The van der Waals surface area contributed by atoms with Crippen LogP contribution in [0.4, 0.5) is 10.1 Å². The van der Waals surface area contributed by atoms with Crippen LogP contribution in [0.3, 0.4) is 0 Å². The van der Waals surface area contributed by atoms with E-state index < -0.39 is 17.6 Å². The lowest BCUT2D eigenvalue weighted by Crippen LogP contribution is -2.32. The highest BCUT2D eigenvalue weighted by Gasteiger charge is 2.14. The average molecular weight is 525 g/mol. The van der Waals surface area contributed by atoms with Crippen molar-refractivity contribution >= 4 is 58.5 Å². The van der Waals surface area contributed by atoms with Crippen molar-refractivity contribution in [1.29, 1.82) is 0 Å². The van der Waals surface area contributed by atoms with Crippen LogP contribution in [-0.4, -0.2) is 25.1 Å². The van der Waals surface area contributed by atoms with Gasteiger partial charge in [-0.1, -0.05) is 34.8 Å². The van der Waals surface area contributed by atoms with Crippen LogP contribution in [-0.2, 0) is 16.2 Å². The van der Waals surface area contributed by atoms with Crippen molar-refractivity contribution in [2.75, 3.05) is 12.4 Å². The van der Waals surface area contributed by atoms with E-state index in [9.17, 15) is 14.0 Å². The largest absolute Gasteiger partial charge is 0.496 e. The van der Waals surface area contributed by atoms with Crippen molar-refractivity contribution in [3.8, 4) is 11.5 Å². The second kappa shape index (κ2) is 11.7. The quantitative estimate of drug-likeness (QED) is 0.244. The smallest absolute Gasteiger partial charge is 0.329 e. The SMILES string of the molecule is COc1ccc(/C=N/NC(=O)C(=O)Nc2ccc(F)c(Cl)c2)cc1COc1ccc(Cl)cc1Cl. The van der Waals surface area contributed by atoms with Crippen LogP contribution in [0.2, 0.25) is 15.1 Å². The number of carbonyl (C=O) groups excluding carboxylic acids is 2. The lowest BCUT2D eigenvalue weighted by Gasteiger charge is -2.12. The third-order valence-corrected chi connectivity index (χ3v) is 5.17. The Morgan fingerprint density at radius 1 is 0.971 bits per heavy atom. The summed E-state index contributed by atoms with van der Waals surface area (Å²) >= 11 is 17.7. The molecule has 0 aliphatic rings. The number of nitrogens with zero attached hydrogens (tertiary/aromatic N) is 1. The molecule has 0 spiro atoms. The molecule has 2 amide bonds. The van der Waals surface area contributed by atoms with Crippen molar-refractivity contribution in [2.45, 2.75) is 6.61 Å². The molecule has 2 N–H and O–H groups in total. The van der Waals surface area contributed by atoms with Gasteiger partial charge in [0.1, 0.15) is 23.9 Å². The minimum atomic E-state index is -1.02. The number of nitrogens with one attached hydrogen (secondary N) is 2. The van der Waals surface area contributed by atoms with Gasteiger partial charge < -0.3 is 14.8 Å². The highest BCUT2D eigenvalue weighted by molar-refractivity contribution is 6.40. The number of halogens is 4. The summed E-state index contributed by atoms with van der Waals surface area (Å²) < 4.78 is 24.3. The van der Waals surface area contributed by atoms with Gasteiger partial charge in [0.15, 0.2) is 0 Å². The molecular formula is C23H17Cl3FN3O4. The van der Waals surface area contributed by atoms with Crippen LogP contribution in [0.5, 0.6) is 11.5 Å². The molecular weight excluding hydrogens is 508 g/mol. The molecule has 3 rings (SSSR count). The van der Waals surface area contributed by atoms with Crippen molar-refractivity contribution in [1.82, 2.24) is 5.43 Å². The summed E-state index contributed by atoms with van der Waals surface area (Å²) in [4.78, 5) is 23.9. The topological polar surface area (TPSA) is 89.0 Å². The van der Waals surface area contributed by atoms with Crippen LogP contribution >= 0.6 is 34.8 Å². The van der Waals surface area contributed by atoms with Crippen LogP contribution in [0.1, 0.15) is 11.1 Å². The number of hydrazone groups is 1. The minimum absolute atomic E-state index is 0.140. The molecule has 3 aromatic carbocycles. The Kier molecular flexibility index (Phi) is 8.70. The highest BCUT2D eigenvalue weighted by Crippen LogP contribution is 2.29. The zero-order valence-corrected chi connectivity index (χ0v) is 19.8. The van der Waals surface area contributed by atoms with Crippen molar-refractivity contribution in [3.63, 3.8) is 0 Å². The van der Waals surface area contributed by atoms with E-state index in [2.05, 4.69) is 15.8 Å². The van der Waals surface area contributed by atoms with Gasteiger partial charge in [0, 0.05) is 16.3 Å². The van der Waals surface area contributed by atoms with Gasteiger partial charge in [0.25, 0.3) is 0 Å². The second-order valence-corrected chi connectivity index (χ2v) is 7.97. The molecule has 34 heavy (non-hydrogen) atoms. The normalized spacial score (nSPS) is 10.7. The fourth-order valence-corrected chi connectivity index (χ4v) is 3.36. The first-order valence-corrected chi connectivity index (χ1v) is 10.7. The second-order valence-electron chi connectivity index (χ2n) is 6.72. The molecule has 0 saturated heterocycles. The van der Waals surface area contributed by atoms with Gasteiger partial charge in [0.2, 0.25) is 0 Å². The Morgan fingerprint density at radius 3 is 2.44 bits per heavy atom. The summed E-state index contributed by atoms with van der Waals surface area (Å²) in [5.41, 5.74) is 3.57. The molecule has 0 bridgehead atoms. The number of rotatable bonds is 7. The molecule has 0 aromatic heterocycles. The first kappa shape index (κ1) is 25.3. The Labute approximate surface area is 209 Å². The standard InChI is InChI=1S/C23H17Cl3FN3O4/c1-33-20-6-2-13(8-14(20)12-34-21-7-3-15(24)9-18(21)26)11-28-30-23(32)22(31)29-16-4-5-19(27)17(25)10-16/h2-11H,12H2,1H3,(H,29,31)(H,30,32)/b28-11+. The molecule has 11 heteroatoms. The van der Waals surface area contributed by atoms with E-state index >= 15 is 0 Å². The third kappa shape index (κ3) is 6.84. The number of carbonyl (C=O) groups is 2. The monoisotopic (exact) mass is 523 g/mol. The maximum atomic E-state index is 13.2. The summed E-state index contributed by atoms with van der Waals surface area (Å²) in [6.45, 7) is 0.140. The molecule has 3 aromatic rings. The molecule has 176 valence electrons. The molecule has 0 atom stereocenters. The Bertz CT molecular complexity index is 1250.